The molecule has 0 aromatic carbocycles. The van der Waals surface area contributed by atoms with Crippen LogP contribution in [0.5, 0.6) is 0 Å². The predicted octanol–water partition coefficient (Wildman–Crippen LogP) is 1.13. The number of likely N-dealkylation sites (N-methyl/N-ethyl adjacent to an activating group) is 1. The summed E-state index contributed by atoms with van der Waals surface area (Å²) in [6.07, 6.45) is 0.444. The third-order valence-corrected chi connectivity index (χ3v) is 2.21. The molecule has 1 unspecified atom stereocenters. The van der Waals surface area contributed by atoms with Gasteiger partial charge in [-0.15, -0.1) is 0 Å². The Kier molecular flexibility index (Phi) is 3.33. The lowest BCUT2D eigenvalue weighted by atomic mass is 10.1. The van der Waals surface area contributed by atoms with E-state index in [1.165, 1.54) is 0 Å². The van der Waals surface area contributed by atoms with E-state index >= 15 is 0 Å². The van der Waals surface area contributed by atoms with Crippen LogP contribution in [0.25, 0.3) is 0 Å². The third-order valence-electron chi connectivity index (χ3n) is 2.21. The third kappa shape index (κ3) is 3.25. The minimum atomic E-state index is -0.0768. The molecule has 0 amide bonds. The van der Waals surface area contributed by atoms with Gasteiger partial charge in [0.25, 0.3) is 0 Å². The van der Waals surface area contributed by atoms with Crippen molar-refractivity contribution in [2.75, 3.05) is 27.2 Å². The number of likely N-dealkylation sites (tertiary alicyclic amines) is 1. The van der Waals surface area contributed by atoms with E-state index in [1.54, 1.807) is 7.11 Å². The highest BCUT2D eigenvalue weighted by molar-refractivity contribution is 4.85. The molecule has 1 saturated heterocycles. The van der Waals surface area contributed by atoms with Crippen molar-refractivity contribution in [1.82, 2.24) is 4.90 Å². The van der Waals surface area contributed by atoms with Crippen LogP contribution in [0.3, 0.4) is 0 Å². The summed E-state index contributed by atoms with van der Waals surface area (Å²) < 4.78 is 11.3. The molecule has 1 aliphatic rings. The summed E-state index contributed by atoms with van der Waals surface area (Å²) in [6, 6.07) is 0. The first-order valence-electron chi connectivity index (χ1n) is 4.81. The van der Waals surface area contributed by atoms with Crippen molar-refractivity contribution in [3.63, 3.8) is 0 Å². The van der Waals surface area contributed by atoms with E-state index in [9.17, 15) is 0 Å². The summed E-state index contributed by atoms with van der Waals surface area (Å²) in [4.78, 5) is 2.24. The fourth-order valence-electron chi connectivity index (χ4n) is 1.72. The molecule has 1 heterocycles. The smallest absolute Gasteiger partial charge is 0.0982 e. The molecular weight excluding hydrogens is 166 g/mol. The van der Waals surface area contributed by atoms with Crippen LogP contribution in [0.4, 0.5) is 0 Å². The molecule has 0 saturated carbocycles. The SMILES string of the molecule is CO[C@@H]1CN(C)CC1OC(C)(C)C. The zero-order valence-electron chi connectivity index (χ0n) is 9.33. The lowest BCUT2D eigenvalue weighted by Crippen LogP contribution is -2.36. The molecule has 1 aliphatic heterocycles. The van der Waals surface area contributed by atoms with Gasteiger partial charge in [-0.1, -0.05) is 0 Å². The van der Waals surface area contributed by atoms with Crippen molar-refractivity contribution in [1.29, 1.82) is 0 Å². The average molecular weight is 187 g/mol. The molecular formula is C10H21NO2. The summed E-state index contributed by atoms with van der Waals surface area (Å²) in [6.45, 7) is 8.18. The fourth-order valence-corrected chi connectivity index (χ4v) is 1.72. The first kappa shape index (κ1) is 11.0. The van der Waals surface area contributed by atoms with Crippen molar-refractivity contribution in [3.05, 3.63) is 0 Å². The highest BCUT2D eigenvalue weighted by atomic mass is 16.6. The maximum absolute atomic E-state index is 5.91. The summed E-state index contributed by atoms with van der Waals surface area (Å²) >= 11 is 0. The van der Waals surface area contributed by atoms with Gasteiger partial charge < -0.3 is 14.4 Å². The Morgan fingerprint density at radius 3 is 2.15 bits per heavy atom. The summed E-state index contributed by atoms with van der Waals surface area (Å²) in [5, 5.41) is 0. The van der Waals surface area contributed by atoms with Crippen LogP contribution in [-0.4, -0.2) is 50.0 Å². The van der Waals surface area contributed by atoms with Gasteiger partial charge in [0.1, 0.15) is 0 Å². The molecule has 0 bridgehead atoms. The van der Waals surface area contributed by atoms with Crippen molar-refractivity contribution in [3.8, 4) is 0 Å². The van der Waals surface area contributed by atoms with Gasteiger partial charge in [0.2, 0.25) is 0 Å². The van der Waals surface area contributed by atoms with E-state index in [0.29, 0.717) is 0 Å². The maximum Gasteiger partial charge on any atom is 0.0982 e. The maximum atomic E-state index is 5.91. The van der Waals surface area contributed by atoms with Crippen molar-refractivity contribution in [2.24, 2.45) is 0 Å². The lowest BCUT2D eigenvalue weighted by molar-refractivity contribution is -0.0995. The minimum absolute atomic E-state index is 0.0768. The molecule has 0 aromatic rings. The van der Waals surface area contributed by atoms with E-state index in [4.69, 9.17) is 9.47 Å². The molecule has 1 fully saturated rings. The number of hydrogen-bond acceptors (Lipinski definition) is 3. The molecule has 0 spiro atoms. The first-order valence-corrected chi connectivity index (χ1v) is 4.81. The number of methoxy groups -OCH3 is 1. The second kappa shape index (κ2) is 3.95. The Labute approximate surface area is 81.0 Å². The normalized spacial score (nSPS) is 31.2. The van der Waals surface area contributed by atoms with Gasteiger partial charge >= 0.3 is 0 Å². The molecule has 0 aromatic heterocycles. The van der Waals surface area contributed by atoms with Gasteiger partial charge in [-0.2, -0.15) is 0 Å². The molecule has 78 valence electrons. The number of rotatable bonds is 2. The summed E-state index contributed by atoms with van der Waals surface area (Å²) in [5.41, 5.74) is -0.0768. The summed E-state index contributed by atoms with van der Waals surface area (Å²) in [5.74, 6) is 0. The molecule has 3 nitrogen and oxygen atoms in total. The molecule has 0 radical (unpaired) electrons. The fraction of sp³-hybridized carbons (Fsp3) is 1.00. The van der Waals surface area contributed by atoms with Crippen LogP contribution in [0.1, 0.15) is 20.8 Å². The van der Waals surface area contributed by atoms with E-state index in [0.717, 1.165) is 13.1 Å². The van der Waals surface area contributed by atoms with Gasteiger partial charge in [0, 0.05) is 20.2 Å². The molecule has 2 atom stereocenters. The van der Waals surface area contributed by atoms with Gasteiger partial charge in [-0.3, -0.25) is 0 Å². The Hall–Kier alpha value is -0.120. The van der Waals surface area contributed by atoms with Crippen LogP contribution in [0.15, 0.2) is 0 Å². The highest BCUT2D eigenvalue weighted by Gasteiger charge is 2.34. The lowest BCUT2D eigenvalue weighted by Gasteiger charge is -2.27. The highest BCUT2D eigenvalue weighted by Crippen LogP contribution is 2.20. The summed E-state index contributed by atoms with van der Waals surface area (Å²) in [7, 11) is 3.85. The molecule has 1 rings (SSSR count). The second-order valence-corrected chi connectivity index (χ2v) is 4.76. The first-order chi connectivity index (χ1) is 5.92. The molecule has 3 heteroatoms. The predicted molar refractivity (Wildman–Crippen MR) is 52.9 cm³/mol. The van der Waals surface area contributed by atoms with Crippen LogP contribution in [0.2, 0.25) is 0 Å². The molecule has 0 aliphatic carbocycles. The Morgan fingerprint density at radius 1 is 1.15 bits per heavy atom. The zero-order chi connectivity index (χ0) is 10.1. The second-order valence-electron chi connectivity index (χ2n) is 4.76. The van der Waals surface area contributed by atoms with Gasteiger partial charge in [0.05, 0.1) is 17.8 Å². The minimum Gasteiger partial charge on any atom is -0.377 e. The molecule has 13 heavy (non-hydrogen) atoms. The van der Waals surface area contributed by atoms with Gasteiger partial charge in [0.15, 0.2) is 0 Å². The largest absolute Gasteiger partial charge is 0.377 e. The van der Waals surface area contributed by atoms with E-state index in [1.807, 2.05) is 0 Å². The average Bonchev–Trinajstić information content (AvgIpc) is 2.27. The standard InChI is InChI=1S/C10H21NO2/c1-10(2,3)13-9-7-11(4)6-8(9)12-5/h8-9H,6-7H2,1-5H3/t8-,9?/m1/s1. The van der Waals surface area contributed by atoms with Crippen LogP contribution in [0, 0.1) is 0 Å². The van der Waals surface area contributed by atoms with Crippen LogP contribution >= 0.6 is 0 Å². The van der Waals surface area contributed by atoms with Crippen LogP contribution in [-0.2, 0) is 9.47 Å². The number of hydrogen-bond donors (Lipinski definition) is 0. The van der Waals surface area contributed by atoms with Crippen molar-refractivity contribution < 1.29 is 9.47 Å². The number of ether oxygens (including phenoxy) is 2. The Morgan fingerprint density at radius 2 is 1.69 bits per heavy atom. The Bertz CT molecular complexity index is 165. The quantitative estimate of drug-likeness (QED) is 0.647. The van der Waals surface area contributed by atoms with Gasteiger partial charge in [-0.05, 0) is 27.8 Å². The van der Waals surface area contributed by atoms with E-state index in [-0.39, 0.29) is 17.8 Å². The topological polar surface area (TPSA) is 21.7 Å². The molecule has 0 N–H and O–H groups in total. The van der Waals surface area contributed by atoms with E-state index in [2.05, 4.69) is 32.7 Å². The Balaban J connectivity index is 2.49. The number of nitrogens with zero attached hydrogens (tertiary/aromatic N) is 1. The van der Waals surface area contributed by atoms with Crippen molar-refractivity contribution in [2.45, 2.75) is 38.6 Å². The van der Waals surface area contributed by atoms with Crippen molar-refractivity contribution >= 4 is 0 Å². The monoisotopic (exact) mass is 187 g/mol. The van der Waals surface area contributed by atoms with Crippen LogP contribution < -0.4 is 0 Å². The zero-order valence-corrected chi connectivity index (χ0v) is 9.33. The van der Waals surface area contributed by atoms with E-state index < -0.39 is 0 Å². The van der Waals surface area contributed by atoms with Gasteiger partial charge in [-0.25, -0.2) is 0 Å².